The summed E-state index contributed by atoms with van der Waals surface area (Å²) in [4.78, 5) is 35.0. The average molecular weight is 235 g/mol. The zero-order valence-corrected chi connectivity index (χ0v) is 9.27. The molecule has 0 aromatic heterocycles. The Morgan fingerprint density at radius 2 is 1.28 bits per heavy atom. The summed E-state index contributed by atoms with van der Waals surface area (Å²) in [5.41, 5.74) is 1.70. The molecule has 3 heteroatoms. The number of ketones is 2. The standard InChI is InChI=1S/C15H7O3/c16-8-9-5-6-12-13(7-9)15(18)11-4-2-1-3-10(11)14(12)17/h1-7H. The van der Waals surface area contributed by atoms with Crippen LogP contribution in [0.2, 0.25) is 0 Å². The lowest BCUT2D eigenvalue weighted by molar-refractivity contribution is 0.0979. The van der Waals surface area contributed by atoms with Crippen LogP contribution in [0.3, 0.4) is 0 Å². The van der Waals surface area contributed by atoms with Crippen LogP contribution in [-0.4, -0.2) is 17.9 Å². The normalized spacial score (nSPS) is 12.9. The maximum absolute atomic E-state index is 12.2. The van der Waals surface area contributed by atoms with Crippen molar-refractivity contribution in [2.75, 3.05) is 0 Å². The highest BCUT2D eigenvalue weighted by atomic mass is 16.1. The first-order valence-corrected chi connectivity index (χ1v) is 5.43. The van der Waals surface area contributed by atoms with Gasteiger partial charge >= 0.3 is 0 Å². The fourth-order valence-electron chi connectivity index (χ4n) is 2.16. The van der Waals surface area contributed by atoms with E-state index in [2.05, 4.69) is 0 Å². The Bertz CT molecular complexity index is 699. The van der Waals surface area contributed by atoms with Gasteiger partial charge in [-0.25, -0.2) is 0 Å². The second-order valence-electron chi connectivity index (χ2n) is 4.07. The Morgan fingerprint density at radius 3 is 1.89 bits per heavy atom. The number of rotatable bonds is 1. The van der Waals surface area contributed by atoms with Gasteiger partial charge in [0.25, 0.3) is 0 Å². The summed E-state index contributed by atoms with van der Waals surface area (Å²) in [6, 6.07) is 11.1. The van der Waals surface area contributed by atoms with Gasteiger partial charge in [0.05, 0.1) is 0 Å². The second kappa shape index (κ2) is 3.74. The van der Waals surface area contributed by atoms with Crippen LogP contribution in [-0.2, 0) is 4.79 Å². The van der Waals surface area contributed by atoms with Crippen LogP contribution >= 0.6 is 0 Å². The molecule has 0 spiro atoms. The molecule has 0 bridgehead atoms. The predicted molar refractivity (Wildman–Crippen MR) is 64.5 cm³/mol. The Kier molecular flexibility index (Phi) is 2.20. The van der Waals surface area contributed by atoms with Gasteiger partial charge in [-0.3, -0.25) is 14.4 Å². The topological polar surface area (TPSA) is 51.2 Å². The quantitative estimate of drug-likeness (QED) is 0.647. The van der Waals surface area contributed by atoms with Gasteiger partial charge in [-0.2, -0.15) is 0 Å². The van der Waals surface area contributed by atoms with E-state index in [9.17, 15) is 14.4 Å². The van der Waals surface area contributed by atoms with Crippen LogP contribution < -0.4 is 0 Å². The first kappa shape index (κ1) is 10.6. The molecule has 2 aromatic rings. The molecule has 0 heterocycles. The van der Waals surface area contributed by atoms with Crippen molar-refractivity contribution in [2.24, 2.45) is 0 Å². The maximum Gasteiger partial charge on any atom is 0.233 e. The highest BCUT2D eigenvalue weighted by Gasteiger charge is 2.29. The van der Waals surface area contributed by atoms with Crippen molar-refractivity contribution in [3.05, 3.63) is 70.3 Å². The van der Waals surface area contributed by atoms with Crippen LogP contribution in [0.1, 0.15) is 37.4 Å². The highest BCUT2D eigenvalue weighted by molar-refractivity contribution is 6.28. The number of benzene rings is 2. The van der Waals surface area contributed by atoms with Crippen molar-refractivity contribution < 1.29 is 14.4 Å². The zero-order chi connectivity index (χ0) is 12.7. The molecule has 0 unspecified atom stereocenters. The molecule has 0 saturated heterocycles. The third-order valence-corrected chi connectivity index (χ3v) is 3.04. The van der Waals surface area contributed by atoms with E-state index in [1.54, 1.807) is 30.6 Å². The van der Waals surface area contributed by atoms with Crippen molar-refractivity contribution in [2.45, 2.75) is 0 Å². The lowest BCUT2D eigenvalue weighted by Gasteiger charge is -2.17. The third-order valence-electron chi connectivity index (χ3n) is 3.04. The largest absolute Gasteiger partial charge is 0.289 e. The van der Waals surface area contributed by atoms with Crippen LogP contribution in [0.15, 0.2) is 42.5 Å². The molecule has 2 aromatic carbocycles. The minimum absolute atomic E-state index is 0.183. The van der Waals surface area contributed by atoms with Crippen molar-refractivity contribution in [1.82, 2.24) is 0 Å². The summed E-state index contributed by atoms with van der Waals surface area (Å²) in [6.07, 6.45) is 1.72. The van der Waals surface area contributed by atoms with Crippen molar-refractivity contribution in [1.29, 1.82) is 0 Å². The molecule has 1 aliphatic carbocycles. The second-order valence-corrected chi connectivity index (χ2v) is 4.07. The molecule has 3 nitrogen and oxygen atoms in total. The zero-order valence-electron chi connectivity index (χ0n) is 9.27. The average Bonchev–Trinajstić information content (AvgIpc) is 2.44. The monoisotopic (exact) mass is 235 g/mol. The van der Waals surface area contributed by atoms with E-state index in [0.29, 0.717) is 16.7 Å². The Morgan fingerprint density at radius 1 is 0.722 bits per heavy atom. The predicted octanol–water partition coefficient (Wildman–Crippen LogP) is 1.92. The van der Waals surface area contributed by atoms with Gasteiger partial charge in [0, 0.05) is 27.8 Å². The molecule has 0 aliphatic heterocycles. The summed E-state index contributed by atoms with van der Waals surface area (Å²) in [7, 11) is 0. The Hall–Kier alpha value is -2.55. The van der Waals surface area contributed by atoms with E-state index in [1.165, 1.54) is 18.2 Å². The van der Waals surface area contributed by atoms with Gasteiger partial charge in [-0.1, -0.05) is 30.3 Å². The van der Waals surface area contributed by atoms with Gasteiger partial charge in [0.15, 0.2) is 11.6 Å². The summed E-state index contributed by atoms with van der Waals surface area (Å²) in [5, 5.41) is 0. The van der Waals surface area contributed by atoms with E-state index in [-0.39, 0.29) is 22.7 Å². The smallest absolute Gasteiger partial charge is 0.233 e. The van der Waals surface area contributed by atoms with Gasteiger partial charge < -0.3 is 0 Å². The lowest BCUT2D eigenvalue weighted by Crippen LogP contribution is -2.20. The van der Waals surface area contributed by atoms with Crippen LogP contribution in [0.25, 0.3) is 0 Å². The third kappa shape index (κ3) is 1.34. The number of hydrogen-bond acceptors (Lipinski definition) is 3. The van der Waals surface area contributed by atoms with Crippen LogP contribution in [0.5, 0.6) is 0 Å². The molecule has 0 saturated carbocycles. The summed E-state index contributed by atoms with van der Waals surface area (Å²) in [6.45, 7) is 0. The van der Waals surface area contributed by atoms with Gasteiger partial charge in [0.2, 0.25) is 6.29 Å². The Balaban J connectivity index is 2.30. The van der Waals surface area contributed by atoms with Crippen LogP contribution in [0, 0.1) is 0 Å². The van der Waals surface area contributed by atoms with E-state index in [4.69, 9.17) is 0 Å². The fourth-order valence-corrected chi connectivity index (χ4v) is 2.16. The van der Waals surface area contributed by atoms with Gasteiger partial charge in [0.1, 0.15) is 0 Å². The van der Waals surface area contributed by atoms with E-state index in [1.807, 2.05) is 0 Å². The molecule has 0 atom stereocenters. The van der Waals surface area contributed by atoms with Crippen molar-refractivity contribution in [3.8, 4) is 0 Å². The SMILES string of the molecule is O=[C]c1ccc2c(c1)C(=O)c1ccccc1C2=O. The lowest BCUT2D eigenvalue weighted by atomic mass is 9.83. The fraction of sp³-hybridized carbons (Fsp3) is 0. The molecule has 0 N–H and O–H groups in total. The minimum Gasteiger partial charge on any atom is -0.289 e. The molecule has 85 valence electrons. The van der Waals surface area contributed by atoms with Gasteiger partial charge in [-0.15, -0.1) is 0 Å². The number of carbonyl (C=O) groups is 2. The molecule has 1 radical (unpaired) electrons. The number of hydrogen-bond donors (Lipinski definition) is 0. The van der Waals surface area contributed by atoms with E-state index < -0.39 is 0 Å². The molecule has 3 rings (SSSR count). The number of carbonyl (C=O) groups excluding carboxylic acids is 3. The molecule has 18 heavy (non-hydrogen) atoms. The number of fused-ring (bicyclic) bond motifs is 2. The summed E-state index contributed by atoms with van der Waals surface area (Å²) < 4.78 is 0. The van der Waals surface area contributed by atoms with Crippen molar-refractivity contribution in [3.63, 3.8) is 0 Å². The minimum atomic E-state index is -0.225. The first-order valence-electron chi connectivity index (χ1n) is 5.43. The molecular formula is C15H7O3. The summed E-state index contributed by atoms with van der Waals surface area (Å²) in [5.74, 6) is -0.407. The van der Waals surface area contributed by atoms with Crippen LogP contribution in [0.4, 0.5) is 0 Å². The van der Waals surface area contributed by atoms with Crippen molar-refractivity contribution >= 4 is 17.9 Å². The molecule has 1 aliphatic rings. The highest BCUT2D eigenvalue weighted by Crippen LogP contribution is 2.27. The maximum atomic E-state index is 12.2. The molecular weight excluding hydrogens is 228 g/mol. The van der Waals surface area contributed by atoms with E-state index >= 15 is 0 Å². The van der Waals surface area contributed by atoms with E-state index in [0.717, 1.165) is 0 Å². The van der Waals surface area contributed by atoms with Gasteiger partial charge in [-0.05, 0) is 12.1 Å². The molecule has 0 fully saturated rings. The first-order chi connectivity index (χ1) is 8.72. The Labute approximate surface area is 103 Å². The molecule has 0 amide bonds. The summed E-state index contributed by atoms with van der Waals surface area (Å²) >= 11 is 0.